The number of carbonyl (C=O) groups excluding carboxylic acids is 1. The quantitative estimate of drug-likeness (QED) is 0.446. The van der Waals surface area contributed by atoms with Gasteiger partial charge in [0.25, 0.3) is 5.91 Å². The second kappa shape index (κ2) is 9.81. The molecule has 2 N–H and O–H groups in total. The number of hydrogen-bond acceptors (Lipinski definition) is 6. The highest BCUT2D eigenvalue weighted by Gasteiger charge is 2.26. The minimum Gasteiger partial charge on any atom is -0.389 e. The Kier molecular flexibility index (Phi) is 6.43. The standard InChI is InChI=1S/C26H28N6O3/c1-31-10-7-20(29-31)19-5-3-17(4-6-19)13-18-14-23(21-8-11-32(2)30-21)27-24(15-18)26(34)28-22-9-12-35-16-25(22)33/h3-8,10-11,14-15,22,25,33H,9,12-13,16H2,1-2H3,(H,28,34)/t22-,25-/m0/s1. The van der Waals surface area contributed by atoms with Crippen molar-refractivity contribution >= 4 is 5.91 Å². The first-order valence-corrected chi connectivity index (χ1v) is 11.6. The topological polar surface area (TPSA) is 107 Å². The Hall–Kier alpha value is -3.82. The molecule has 0 bridgehead atoms. The van der Waals surface area contributed by atoms with Crippen LogP contribution in [0.2, 0.25) is 0 Å². The molecular formula is C26H28N6O3. The highest BCUT2D eigenvalue weighted by molar-refractivity contribution is 5.93. The number of nitrogens with one attached hydrogen (secondary N) is 1. The maximum Gasteiger partial charge on any atom is 0.270 e. The summed E-state index contributed by atoms with van der Waals surface area (Å²) >= 11 is 0. The lowest BCUT2D eigenvalue weighted by Gasteiger charge is -2.28. The molecule has 180 valence electrons. The number of hydrogen-bond donors (Lipinski definition) is 2. The maximum atomic E-state index is 13.1. The van der Waals surface area contributed by atoms with Crippen molar-refractivity contribution in [3.05, 3.63) is 77.7 Å². The fourth-order valence-corrected chi connectivity index (χ4v) is 4.22. The Labute approximate surface area is 203 Å². The highest BCUT2D eigenvalue weighted by atomic mass is 16.5. The van der Waals surface area contributed by atoms with Gasteiger partial charge >= 0.3 is 0 Å². The van der Waals surface area contributed by atoms with Gasteiger partial charge in [-0.3, -0.25) is 14.2 Å². The first kappa shape index (κ1) is 22.9. The van der Waals surface area contributed by atoms with Crippen molar-refractivity contribution in [3.63, 3.8) is 0 Å². The fourth-order valence-electron chi connectivity index (χ4n) is 4.22. The van der Waals surface area contributed by atoms with Crippen LogP contribution in [0.3, 0.4) is 0 Å². The van der Waals surface area contributed by atoms with E-state index in [1.807, 2.05) is 44.7 Å². The van der Waals surface area contributed by atoms with Gasteiger partial charge in [-0.2, -0.15) is 10.2 Å². The Morgan fingerprint density at radius 2 is 1.71 bits per heavy atom. The number of carbonyl (C=O) groups is 1. The van der Waals surface area contributed by atoms with E-state index in [4.69, 9.17) is 4.74 Å². The van der Waals surface area contributed by atoms with Gasteiger partial charge in [-0.15, -0.1) is 0 Å². The monoisotopic (exact) mass is 472 g/mol. The van der Waals surface area contributed by atoms with E-state index in [0.29, 0.717) is 36.5 Å². The van der Waals surface area contributed by atoms with E-state index in [1.54, 1.807) is 15.4 Å². The van der Waals surface area contributed by atoms with Crippen LogP contribution in [-0.4, -0.2) is 60.9 Å². The SMILES string of the molecule is Cn1ccc(-c2ccc(Cc3cc(C(=O)N[C@H]4CCOC[C@@H]4O)nc(-c4ccn(C)n4)c3)cc2)n1. The summed E-state index contributed by atoms with van der Waals surface area (Å²) in [5.41, 5.74) is 5.65. The minimum atomic E-state index is -0.733. The Bertz CT molecular complexity index is 1330. The molecule has 0 aliphatic carbocycles. The summed E-state index contributed by atoms with van der Waals surface area (Å²) in [6, 6.07) is 15.5. The molecule has 1 fully saturated rings. The third-order valence-electron chi connectivity index (χ3n) is 6.11. The zero-order chi connectivity index (χ0) is 24.4. The molecule has 1 aromatic carbocycles. The number of aromatic nitrogens is 5. The van der Waals surface area contributed by atoms with Crippen LogP contribution < -0.4 is 5.32 Å². The van der Waals surface area contributed by atoms with Crippen molar-refractivity contribution in [2.75, 3.05) is 13.2 Å². The number of amides is 1. The molecular weight excluding hydrogens is 444 g/mol. The summed E-state index contributed by atoms with van der Waals surface area (Å²) in [7, 11) is 3.74. The van der Waals surface area contributed by atoms with Gasteiger partial charge in [0.2, 0.25) is 0 Å². The molecule has 9 nitrogen and oxygen atoms in total. The maximum absolute atomic E-state index is 13.1. The van der Waals surface area contributed by atoms with Crippen LogP contribution in [0.4, 0.5) is 0 Å². The van der Waals surface area contributed by atoms with Crippen LogP contribution in [-0.2, 0) is 25.3 Å². The summed E-state index contributed by atoms with van der Waals surface area (Å²) in [6.45, 7) is 0.718. The largest absolute Gasteiger partial charge is 0.389 e. The zero-order valence-electron chi connectivity index (χ0n) is 19.8. The number of aryl methyl sites for hydroxylation is 2. The molecule has 0 unspecified atom stereocenters. The number of ether oxygens (including phenoxy) is 1. The van der Waals surface area contributed by atoms with Crippen LogP contribution in [0, 0.1) is 0 Å². The van der Waals surface area contributed by atoms with E-state index in [9.17, 15) is 9.90 Å². The molecule has 0 spiro atoms. The van der Waals surface area contributed by atoms with Crippen LogP contribution in [0.25, 0.3) is 22.6 Å². The van der Waals surface area contributed by atoms with E-state index < -0.39 is 6.10 Å². The third-order valence-corrected chi connectivity index (χ3v) is 6.11. The Morgan fingerprint density at radius 1 is 1.00 bits per heavy atom. The molecule has 0 radical (unpaired) electrons. The number of rotatable bonds is 6. The van der Waals surface area contributed by atoms with Gasteiger partial charge in [-0.25, -0.2) is 4.98 Å². The van der Waals surface area contributed by atoms with E-state index in [1.165, 1.54) is 0 Å². The number of pyridine rings is 1. The van der Waals surface area contributed by atoms with E-state index in [-0.39, 0.29) is 18.6 Å². The van der Waals surface area contributed by atoms with Gasteiger partial charge in [-0.1, -0.05) is 24.3 Å². The predicted octanol–water partition coefficient (Wildman–Crippen LogP) is 2.35. The van der Waals surface area contributed by atoms with E-state index in [0.717, 1.165) is 22.4 Å². The summed E-state index contributed by atoms with van der Waals surface area (Å²) in [4.78, 5) is 17.7. The molecule has 3 aromatic heterocycles. The number of aliphatic hydroxyl groups excluding tert-OH is 1. The Balaban J connectivity index is 1.41. The van der Waals surface area contributed by atoms with E-state index in [2.05, 4.69) is 44.8 Å². The third kappa shape index (κ3) is 5.31. The molecule has 1 aliphatic heterocycles. The average Bonchev–Trinajstić information content (AvgIpc) is 3.49. The molecule has 1 amide bonds. The van der Waals surface area contributed by atoms with Gasteiger partial charge < -0.3 is 15.2 Å². The lowest BCUT2D eigenvalue weighted by molar-refractivity contribution is -0.0261. The van der Waals surface area contributed by atoms with Gasteiger partial charge in [0.05, 0.1) is 30.1 Å². The normalized spacial score (nSPS) is 17.9. The molecule has 1 aliphatic rings. The highest BCUT2D eigenvalue weighted by Crippen LogP contribution is 2.22. The summed E-state index contributed by atoms with van der Waals surface area (Å²) in [5, 5.41) is 22.0. The number of benzene rings is 1. The Morgan fingerprint density at radius 3 is 2.37 bits per heavy atom. The first-order chi connectivity index (χ1) is 16.9. The van der Waals surface area contributed by atoms with Crippen LogP contribution in [0.15, 0.2) is 60.9 Å². The lowest BCUT2D eigenvalue weighted by atomic mass is 10.0. The molecule has 2 atom stereocenters. The summed E-state index contributed by atoms with van der Waals surface area (Å²) in [5.74, 6) is -0.319. The molecule has 4 heterocycles. The van der Waals surface area contributed by atoms with Crippen molar-refractivity contribution in [1.82, 2.24) is 29.9 Å². The molecule has 4 aromatic rings. The second-order valence-electron chi connectivity index (χ2n) is 8.88. The van der Waals surface area contributed by atoms with Gasteiger partial charge in [0.15, 0.2) is 0 Å². The summed E-state index contributed by atoms with van der Waals surface area (Å²) in [6.07, 6.45) is 4.22. The van der Waals surface area contributed by atoms with Crippen molar-refractivity contribution < 1.29 is 14.6 Å². The first-order valence-electron chi connectivity index (χ1n) is 11.6. The van der Waals surface area contributed by atoms with Crippen LogP contribution >= 0.6 is 0 Å². The van der Waals surface area contributed by atoms with Crippen LogP contribution in [0.1, 0.15) is 28.0 Å². The van der Waals surface area contributed by atoms with Gasteiger partial charge in [-0.05, 0) is 48.2 Å². The zero-order valence-corrected chi connectivity index (χ0v) is 19.8. The van der Waals surface area contributed by atoms with Crippen molar-refractivity contribution in [2.45, 2.75) is 25.0 Å². The van der Waals surface area contributed by atoms with Gasteiger partial charge in [0.1, 0.15) is 11.4 Å². The second-order valence-corrected chi connectivity index (χ2v) is 8.88. The molecule has 1 saturated heterocycles. The predicted molar refractivity (Wildman–Crippen MR) is 131 cm³/mol. The summed E-state index contributed by atoms with van der Waals surface area (Å²) < 4.78 is 8.76. The van der Waals surface area contributed by atoms with Crippen molar-refractivity contribution in [1.29, 1.82) is 0 Å². The molecule has 35 heavy (non-hydrogen) atoms. The number of aliphatic hydroxyl groups is 1. The van der Waals surface area contributed by atoms with Crippen molar-refractivity contribution in [3.8, 4) is 22.6 Å². The van der Waals surface area contributed by atoms with Crippen LogP contribution in [0.5, 0.6) is 0 Å². The molecule has 5 rings (SSSR count). The van der Waals surface area contributed by atoms with Gasteiger partial charge in [0, 0.05) is 38.7 Å². The molecule has 9 heteroatoms. The lowest BCUT2D eigenvalue weighted by Crippen LogP contribution is -2.48. The fraction of sp³-hybridized carbons (Fsp3) is 0.308. The van der Waals surface area contributed by atoms with E-state index >= 15 is 0 Å². The average molecular weight is 473 g/mol. The molecule has 0 saturated carbocycles. The smallest absolute Gasteiger partial charge is 0.270 e. The number of nitrogens with zero attached hydrogens (tertiary/aromatic N) is 5. The minimum absolute atomic E-state index is 0.214. The van der Waals surface area contributed by atoms with Crippen molar-refractivity contribution in [2.24, 2.45) is 14.1 Å².